The van der Waals surface area contributed by atoms with Crippen LogP contribution in [0.1, 0.15) is 11.1 Å². The molecule has 0 fully saturated rings. The van der Waals surface area contributed by atoms with Crippen molar-refractivity contribution in [2.75, 3.05) is 0 Å². The van der Waals surface area contributed by atoms with Gasteiger partial charge in [0.25, 0.3) is 5.69 Å². The number of allylic oxidation sites excluding steroid dienone is 1. The summed E-state index contributed by atoms with van der Waals surface area (Å²) in [6.45, 7) is 2.01. The van der Waals surface area contributed by atoms with Crippen LogP contribution in [0, 0.1) is 17.0 Å². The van der Waals surface area contributed by atoms with Gasteiger partial charge in [-0.25, -0.2) is 0 Å². The first kappa shape index (κ1) is 15.1. The minimum Gasteiger partial charge on any atom is -0.258 e. The molecule has 2 aromatic rings. The fourth-order valence-corrected chi connectivity index (χ4v) is 2.38. The molecule has 2 aromatic carbocycles. The van der Waals surface area contributed by atoms with Gasteiger partial charge >= 0.3 is 0 Å². The SMILES string of the molecule is Cc1ccc(N=CC=Cc2ccccc2[N+](=O)[O-])c(Br)c1. The molecule has 0 aliphatic heterocycles. The number of benzene rings is 2. The Morgan fingerprint density at radius 3 is 2.71 bits per heavy atom. The highest BCUT2D eigenvalue weighted by molar-refractivity contribution is 9.10. The molecule has 21 heavy (non-hydrogen) atoms. The van der Waals surface area contributed by atoms with Crippen molar-refractivity contribution in [3.8, 4) is 0 Å². The number of hydrogen-bond donors (Lipinski definition) is 0. The third kappa shape index (κ3) is 4.10. The van der Waals surface area contributed by atoms with Crippen molar-refractivity contribution in [1.29, 1.82) is 0 Å². The second-order valence-electron chi connectivity index (χ2n) is 4.41. The van der Waals surface area contributed by atoms with Gasteiger partial charge in [-0.05, 0) is 58.8 Å². The van der Waals surface area contributed by atoms with Crippen LogP contribution in [0.4, 0.5) is 11.4 Å². The lowest BCUT2D eigenvalue weighted by Crippen LogP contribution is -1.90. The van der Waals surface area contributed by atoms with Crippen molar-refractivity contribution in [3.63, 3.8) is 0 Å². The molecule has 5 heteroatoms. The van der Waals surface area contributed by atoms with E-state index in [9.17, 15) is 10.1 Å². The van der Waals surface area contributed by atoms with Gasteiger partial charge in [-0.2, -0.15) is 0 Å². The molecule has 4 nitrogen and oxygen atoms in total. The lowest BCUT2D eigenvalue weighted by Gasteiger charge is -1.98. The molecule has 2 rings (SSSR count). The molecule has 0 spiro atoms. The van der Waals surface area contributed by atoms with Crippen molar-refractivity contribution in [3.05, 3.63) is 74.3 Å². The monoisotopic (exact) mass is 344 g/mol. The summed E-state index contributed by atoms with van der Waals surface area (Å²) in [6.07, 6.45) is 4.98. The highest BCUT2D eigenvalue weighted by Gasteiger charge is 2.08. The summed E-state index contributed by atoms with van der Waals surface area (Å²) < 4.78 is 0.915. The zero-order valence-corrected chi connectivity index (χ0v) is 12.9. The fourth-order valence-electron chi connectivity index (χ4n) is 1.78. The van der Waals surface area contributed by atoms with Crippen LogP contribution in [0.15, 0.2) is 58.0 Å². The molecular formula is C16H13BrN2O2. The topological polar surface area (TPSA) is 55.5 Å². The first-order chi connectivity index (χ1) is 10.1. The highest BCUT2D eigenvalue weighted by Crippen LogP contribution is 2.25. The van der Waals surface area contributed by atoms with Crippen LogP contribution < -0.4 is 0 Å². The zero-order valence-electron chi connectivity index (χ0n) is 11.4. The summed E-state index contributed by atoms with van der Waals surface area (Å²) in [7, 11) is 0. The Labute approximate surface area is 131 Å². The standard InChI is InChI=1S/C16H13BrN2O2/c1-12-8-9-15(14(17)11-12)18-10-4-6-13-5-2-3-7-16(13)19(20)21/h2-11H,1H3. The number of rotatable bonds is 4. The maximum absolute atomic E-state index is 10.9. The average molecular weight is 345 g/mol. The molecule has 0 saturated heterocycles. The lowest BCUT2D eigenvalue weighted by molar-refractivity contribution is -0.385. The highest BCUT2D eigenvalue weighted by atomic mass is 79.9. The summed E-state index contributed by atoms with van der Waals surface area (Å²) in [5.41, 5.74) is 2.60. The van der Waals surface area contributed by atoms with Gasteiger partial charge in [-0.1, -0.05) is 18.2 Å². The van der Waals surface area contributed by atoms with E-state index in [4.69, 9.17) is 0 Å². The largest absolute Gasteiger partial charge is 0.276 e. The zero-order chi connectivity index (χ0) is 15.2. The molecule has 0 aliphatic rings. The van der Waals surface area contributed by atoms with E-state index >= 15 is 0 Å². The molecule has 0 aromatic heterocycles. The number of aliphatic imine (C=N–C) groups is 1. The maximum atomic E-state index is 10.9. The van der Waals surface area contributed by atoms with Gasteiger partial charge < -0.3 is 0 Å². The van der Waals surface area contributed by atoms with E-state index in [1.54, 1.807) is 36.6 Å². The fraction of sp³-hybridized carbons (Fsp3) is 0.0625. The van der Waals surface area contributed by atoms with Gasteiger partial charge in [-0.15, -0.1) is 0 Å². The minimum atomic E-state index is -0.395. The Hall–Kier alpha value is -2.27. The molecule has 0 aliphatic carbocycles. The van der Waals surface area contributed by atoms with Gasteiger partial charge in [-0.3, -0.25) is 15.1 Å². The van der Waals surface area contributed by atoms with Crippen LogP contribution in [0.5, 0.6) is 0 Å². The third-order valence-corrected chi connectivity index (χ3v) is 3.45. The molecule has 0 bridgehead atoms. The van der Waals surface area contributed by atoms with E-state index in [-0.39, 0.29) is 5.69 Å². The molecule has 0 N–H and O–H groups in total. The Morgan fingerprint density at radius 2 is 2.00 bits per heavy atom. The molecular weight excluding hydrogens is 332 g/mol. The van der Waals surface area contributed by atoms with E-state index in [0.29, 0.717) is 5.56 Å². The second-order valence-corrected chi connectivity index (χ2v) is 5.26. The van der Waals surface area contributed by atoms with Crippen molar-refractivity contribution in [2.45, 2.75) is 6.92 Å². The summed E-state index contributed by atoms with van der Waals surface area (Å²) >= 11 is 3.45. The number of nitro groups is 1. The molecule has 0 atom stereocenters. The van der Waals surface area contributed by atoms with E-state index in [1.807, 2.05) is 25.1 Å². The summed E-state index contributed by atoms with van der Waals surface area (Å²) in [5.74, 6) is 0. The van der Waals surface area contributed by atoms with Crippen LogP contribution in [-0.2, 0) is 0 Å². The number of aryl methyl sites for hydroxylation is 1. The molecule has 0 saturated carbocycles. The van der Waals surface area contributed by atoms with Crippen molar-refractivity contribution < 1.29 is 4.92 Å². The quantitative estimate of drug-likeness (QED) is 0.441. The van der Waals surface area contributed by atoms with Gasteiger partial charge in [0.15, 0.2) is 0 Å². The smallest absolute Gasteiger partial charge is 0.258 e. The summed E-state index contributed by atoms with van der Waals surface area (Å²) in [4.78, 5) is 14.8. The molecule has 0 unspecified atom stereocenters. The Morgan fingerprint density at radius 1 is 1.24 bits per heavy atom. The minimum absolute atomic E-state index is 0.0821. The number of halogens is 1. The van der Waals surface area contributed by atoms with E-state index < -0.39 is 4.92 Å². The molecule has 0 heterocycles. The summed E-state index contributed by atoms with van der Waals surface area (Å²) in [6, 6.07) is 12.5. The summed E-state index contributed by atoms with van der Waals surface area (Å²) in [5, 5.41) is 10.9. The first-order valence-corrected chi connectivity index (χ1v) is 7.07. The molecule has 0 radical (unpaired) electrons. The van der Waals surface area contributed by atoms with Gasteiger partial charge in [0, 0.05) is 16.8 Å². The number of nitrogens with zero attached hydrogens (tertiary/aromatic N) is 2. The van der Waals surface area contributed by atoms with Crippen LogP contribution in [-0.4, -0.2) is 11.1 Å². The van der Waals surface area contributed by atoms with Gasteiger partial charge in [0.1, 0.15) is 0 Å². The predicted octanol–water partition coefficient (Wildman–Crippen LogP) is 5.08. The predicted molar refractivity (Wildman–Crippen MR) is 89.2 cm³/mol. The van der Waals surface area contributed by atoms with Crippen LogP contribution in [0.3, 0.4) is 0 Å². The van der Waals surface area contributed by atoms with Gasteiger partial charge in [0.05, 0.1) is 16.2 Å². The van der Waals surface area contributed by atoms with Crippen molar-refractivity contribution in [1.82, 2.24) is 0 Å². The first-order valence-electron chi connectivity index (χ1n) is 6.28. The molecule has 0 amide bonds. The number of hydrogen-bond acceptors (Lipinski definition) is 3. The van der Waals surface area contributed by atoms with Crippen LogP contribution in [0.2, 0.25) is 0 Å². The van der Waals surface area contributed by atoms with E-state index in [0.717, 1.165) is 15.7 Å². The van der Waals surface area contributed by atoms with Gasteiger partial charge in [0.2, 0.25) is 0 Å². The average Bonchev–Trinajstić information content (AvgIpc) is 2.45. The van der Waals surface area contributed by atoms with Crippen molar-refractivity contribution in [2.24, 2.45) is 4.99 Å². The Bertz CT molecular complexity index is 724. The van der Waals surface area contributed by atoms with E-state index in [2.05, 4.69) is 20.9 Å². The number of para-hydroxylation sites is 1. The third-order valence-electron chi connectivity index (χ3n) is 2.81. The Balaban J connectivity index is 2.16. The Kier molecular flexibility index (Phi) is 5.00. The maximum Gasteiger partial charge on any atom is 0.276 e. The lowest BCUT2D eigenvalue weighted by atomic mass is 10.1. The van der Waals surface area contributed by atoms with Crippen molar-refractivity contribution >= 4 is 39.6 Å². The van der Waals surface area contributed by atoms with Crippen LogP contribution >= 0.6 is 15.9 Å². The second kappa shape index (κ2) is 6.95. The van der Waals surface area contributed by atoms with E-state index in [1.165, 1.54) is 6.07 Å². The van der Waals surface area contributed by atoms with Crippen LogP contribution in [0.25, 0.3) is 6.08 Å². The normalized spacial score (nSPS) is 11.3. The number of nitro benzene ring substituents is 1. The molecule has 106 valence electrons.